The van der Waals surface area contributed by atoms with Gasteiger partial charge in [0, 0.05) is 34.8 Å². The molecule has 2 N–H and O–H groups in total. The molecule has 0 amide bonds. The smallest absolute Gasteiger partial charge is 0.327 e. The van der Waals surface area contributed by atoms with E-state index in [1.807, 2.05) is 11.0 Å². The molecule has 1 unspecified atom stereocenters. The lowest BCUT2D eigenvalue weighted by Gasteiger charge is -2.27. The third-order valence-corrected chi connectivity index (χ3v) is 4.14. The number of halogens is 2. The van der Waals surface area contributed by atoms with Gasteiger partial charge in [0.1, 0.15) is 0 Å². The summed E-state index contributed by atoms with van der Waals surface area (Å²) in [6.45, 7) is 3.20. The van der Waals surface area contributed by atoms with E-state index in [9.17, 15) is 9.90 Å². The molecule has 0 aromatic carbocycles. The van der Waals surface area contributed by atoms with Crippen LogP contribution in [-0.4, -0.2) is 47.1 Å². The third-order valence-electron chi connectivity index (χ3n) is 3.07. The average molecular weight is 393 g/mol. The average Bonchev–Trinajstić information content (AvgIpc) is 2.61. The Morgan fingerprint density at radius 1 is 1.42 bits per heavy atom. The van der Waals surface area contributed by atoms with Crippen LogP contribution in [0.3, 0.4) is 0 Å². The first-order valence-corrected chi connectivity index (χ1v) is 7.66. The van der Waals surface area contributed by atoms with Gasteiger partial charge in [-0.1, -0.05) is 0 Å². The first kappa shape index (κ1) is 14.9. The molecule has 7 heteroatoms. The summed E-state index contributed by atoms with van der Waals surface area (Å²) in [6.07, 6.45) is 2.57. The van der Waals surface area contributed by atoms with Crippen molar-refractivity contribution in [3.05, 3.63) is 26.9 Å². The highest BCUT2D eigenvalue weighted by Crippen LogP contribution is 2.28. The number of carbonyl (C=O) groups is 1. The van der Waals surface area contributed by atoms with Crippen molar-refractivity contribution in [1.29, 1.82) is 0 Å². The Labute approximate surface area is 128 Å². The Balaban J connectivity index is 2.30. The van der Waals surface area contributed by atoms with E-state index in [1.54, 1.807) is 6.20 Å². The zero-order valence-corrected chi connectivity index (χ0v) is 13.4. The van der Waals surface area contributed by atoms with Crippen LogP contribution < -0.4 is 5.32 Å². The van der Waals surface area contributed by atoms with Crippen LogP contribution in [0.25, 0.3) is 0 Å². The van der Waals surface area contributed by atoms with Gasteiger partial charge in [0.15, 0.2) is 6.04 Å². The number of nitrogens with one attached hydrogen (secondary N) is 1. The van der Waals surface area contributed by atoms with E-state index >= 15 is 0 Å². The van der Waals surface area contributed by atoms with E-state index in [0.717, 1.165) is 30.5 Å². The summed E-state index contributed by atoms with van der Waals surface area (Å²) < 4.78 is 1.54. The minimum Gasteiger partial charge on any atom is -0.480 e. The Hall–Kier alpha value is -0.500. The molecule has 0 aliphatic carbocycles. The van der Waals surface area contributed by atoms with E-state index in [-0.39, 0.29) is 0 Å². The lowest BCUT2D eigenvalue weighted by molar-refractivity contribution is -0.143. The van der Waals surface area contributed by atoms with Gasteiger partial charge in [-0.2, -0.15) is 0 Å². The Bertz CT molecular complexity index is 462. The fourth-order valence-corrected chi connectivity index (χ4v) is 3.40. The third kappa shape index (κ3) is 3.75. The Morgan fingerprint density at radius 2 is 2.21 bits per heavy atom. The van der Waals surface area contributed by atoms with Crippen LogP contribution in [0.1, 0.15) is 18.2 Å². The highest BCUT2D eigenvalue weighted by Gasteiger charge is 2.30. The second-order valence-corrected chi connectivity index (χ2v) is 6.17. The van der Waals surface area contributed by atoms with Crippen molar-refractivity contribution in [2.45, 2.75) is 12.5 Å². The predicted molar refractivity (Wildman–Crippen MR) is 79.1 cm³/mol. The maximum absolute atomic E-state index is 11.6. The summed E-state index contributed by atoms with van der Waals surface area (Å²) in [7, 11) is 0. The molecule has 0 bridgehead atoms. The zero-order valence-electron chi connectivity index (χ0n) is 10.3. The number of aliphatic carboxylic acids is 1. The van der Waals surface area contributed by atoms with Gasteiger partial charge in [-0.05, 0) is 50.9 Å². The summed E-state index contributed by atoms with van der Waals surface area (Å²) in [5.41, 5.74) is 0.553. The Kier molecular flexibility index (Phi) is 5.32. The van der Waals surface area contributed by atoms with Crippen molar-refractivity contribution in [3.63, 3.8) is 0 Å². The van der Waals surface area contributed by atoms with Crippen LogP contribution in [0.2, 0.25) is 0 Å². The largest absolute Gasteiger partial charge is 0.480 e. The molecule has 1 aliphatic heterocycles. The molecular weight excluding hydrogens is 378 g/mol. The van der Waals surface area contributed by atoms with Crippen LogP contribution in [0.4, 0.5) is 0 Å². The summed E-state index contributed by atoms with van der Waals surface area (Å²) in [5.74, 6) is -0.863. The molecule has 2 rings (SSSR count). The van der Waals surface area contributed by atoms with Crippen molar-refractivity contribution in [3.8, 4) is 0 Å². The highest BCUT2D eigenvalue weighted by atomic mass is 79.9. The molecule has 5 nitrogen and oxygen atoms in total. The number of hydrogen-bond donors (Lipinski definition) is 2. The summed E-state index contributed by atoms with van der Waals surface area (Å²) in [4.78, 5) is 17.8. The first-order chi connectivity index (χ1) is 9.09. The number of carboxylic acid groups (broad SMARTS) is 1. The van der Waals surface area contributed by atoms with Crippen molar-refractivity contribution < 1.29 is 9.90 Å². The summed E-state index contributed by atoms with van der Waals surface area (Å²) in [6, 6.07) is 1.12. The lowest BCUT2D eigenvalue weighted by Crippen LogP contribution is -2.37. The predicted octanol–water partition coefficient (Wildman–Crippen LogP) is 2.03. The van der Waals surface area contributed by atoms with Crippen molar-refractivity contribution in [2.75, 3.05) is 26.2 Å². The zero-order chi connectivity index (χ0) is 13.8. The molecule has 0 spiro atoms. The van der Waals surface area contributed by atoms with Gasteiger partial charge in [-0.3, -0.25) is 14.7 Å². The normalized spacial score (nSPS) is 18.8. The van der Waals surface area contributed by atoms with E-state index in [0.29, 0.717) is 16.7 Å². The fraction of sp³-hybridized carbons (Fsp3) is 0.500. The molecule has 104 valence electrons. The number of pyridine rings is 1. The van der Waals surface area contributed by atoms with Gasteiger partial charge in [0.05, 0.1) is 5.69 Å². The Morgan fingerprint density at radius 3 is 2.89 bits per heavy atom. The van der Waals surface area contributed by atoms with Crippen molar-refractivity contribution in [1.82, 2.24) is 15.2 Å². The molecule has 1 aromatic heterocycles. The first-order valence-electron chi connectivity index (χ1n) is 6.08. The van der Waals surface area contributed by atoms with Crippen LogP contribution in [0.15, 0.2) is 21.2 Å². The van der Waals surface area contributed by atoms with Gasteiger partial charge in [-0.15, -0.1) is 0 Å². The monoisotopic (exact) mass is 391 g/mol. The molecule has 2 heterocycles. The lowest BCUT2D eigenvalue weighted by atomic mass is 10.1. The van der Waals surface area contributed by atoms with E-state index in [2.05, 4.69) is 42.2 Å². The van der Waals surface area contributed by atoms with Gasteiger partial charge < -0.3 is 10.4 Å². The van der Waals surface area contributed by atoms with Crippen LogP contribution in [0, 0.1) is 0 Å². The number of carboxylic acids is 1. The molecule has 1 aromatic rings. The van der Waals surface area contributed by atoms with Crippen molar-refractivity contribution >= 4 is 37.8 Å². The SMILES string of the molecule is O=C(O)C(c1ncc(Br)cc1Br)N1CCCNCC1. The van der Waals surface area contributed by atoms with Crippen LogP contribution in [0.5, 0.6) is 0 Å². The second kappa shape index (κ2) is 6.78. The quantitative estimate of drug-likeness (QED) is 0.823. The molecule has 1 fully saturated rings. The maximum Gasteiger partial charge on any atom is 0.327 e. The second-order valence-electron chi connectivity index (χ2n) is 4.40. The highest BCUT2D eigenvalue weighted by molar-refractivity contribution is 9.11. The molecule has 0 radical (unpaired) electrons. The number of hydrogen-bond acceptors (Lipinski definition) is 4. The molecular formula is C12H15Br2N3O2. The molecule has 19 heavy (non-hydrogen) atoms. The van der Waals surface area contributed by atoms with Crippen LogP contribution in [-0.2, 0) is 4.79 Å². The van der Waals surface area contributed by atoms with E-state index < -0.39 is 12.0 Å². The van der Waals surface area contributed by atoms with E-state index in [1.165, 1.54) is 0 Å². The topological polar surface area (TPSA) is 65.5 Å². The van der Waals surface area contributed by atoms with Crippen molar-refractivity contribution in [2.24, 2.45) is 0 Å². The summed E-state index contributed by atoms with van der Waals surface area (Å²) in [5, 5.41) is 12.8. The minimum absolute atomic E-state index is 0.553. The standard InChI is InChI=1S/C12H15Br2N3O2/c13-8-6-9(14)10(16-7-8)11(12(18)19)17-4-1-2-15-3-5-17/h6-7,11,15H,1-5H2,(H,18,19). The molecule has 1 saturated heterocycles. The maximum atomic E-state index is 11.6. The number of rotatable bonds is 3. The number of nitrogens with zero attached hydrogens (tertiary/aromatic N) is 2. The van der Waals surface area contributed by atoms with E-state index in [4.69, 9.17) is 0 Å². The minimum atomic E-state index is -0.863. The molecule has 1 atom stereocenters. The van der Waals surface area contributed by atoms with Gasteiger partial charge in [0.25, 0.3) is 0 Å². The molecule has 0 saturated carbocycles. The van der Waals surface area contributed by atoms with Gasteiger partial charge in [0.2, 0.25) is 0 Å². The fourth-order valence-electron chi connectivity index (χ4n) is 2.20. The van der Waals surface area contributed by atoms with Crippen LogP contribution >= 0.6 is 31.9 Å². The molecule has 1 aliphatic rings. The van der Waals surface area contributed by atoms with Gasteiger partial charge >= 0.3 is 5.97 Å². The number of aromatic nitrogens is 1. The van der Waals surface area contributed by atoms with Gasteiger partial charge in [-0.25, -0.2) is 0 Å². The summed E-state index contributed by atoms with van der Waals surface area (Å²) >= 11 is 6.73.